The average molecular weight is 469 g/mol. The second kappa shape index (κ2) is 10.2. The van der Waals surface area contributed by atoms with Gasteiger partial charge in [0.1, 0.15) is 0 Å². The molecule has 2 heterocycles. The Hall–Kier alpha value is -3.80. The first-order chi connectivity index (χ1) is 17.1. The zero-order chi connectivity index (χ0) is 24.2. The van der Waals surface area contributed by atoms with E-state index in [9.17, 15) is 9.59 Å². The molecular formula is C29H32N4O2. The maximum absolute atomic E-state index is 13.5. The molecule has 6 heteroatoms. The Bertz CT molecular complexity index is 1230. The number of nitrogens with one attached hydrogen (secondary N) is 2. The monoisotopic (exact) mass is 468 g/mol. The fraction of sp³-hybridized carbons (Fsp3) is 0.310. The normalized spacial score (nSPS) is 15.0. The first kappa shape index (κ1) is 23.0. The molecule has 6 nitrogen and oxygen atoms in total. The van der Waals surface area contributed by atoms with Crippen molar-refractivity contribution in [1.82, 2.24) is 4.90 Å². The van der Waals surface area contributed by atoms with Gasteiger partial charge >= 0.3 is 6.03 Å². The maximum atomic E-state index is 13.5. The second-order valence-electron chi connectivity index (χ2n) is 9.26. The third-order valence-electron chi connectivity index (χ3n) is 7.00. The molecule has 2 aliphatic rings. The Labute approximate surface area is 206 Å². The third kappa shape index (κ3) is 5.02. The van der Waals surface area contributed by atoms with Crippen molar-refractivity contribution in [2.45, 2.75) is 39.2 Å². The predicted molar refractivity (Wildman–Crippen MR) is 141 cm³/mol. The number of anilines is 3. The highest BCUT2D eigenvalue weighted by atomic mass is 16.2. The van der Waals surface area contributed by atoms with Gasteiger partial charge in [-0.05, 0) is 66.6 Å². The van der Waals surface area contributed by atoms with Crippen LogP contribution in [0.15, 0.2) is 66.7 Å². The Kier molecular flexibility index (Phi) is 6.70. The number of carbonyl (C=O) groups excluding carboxylic acids is 2. The zero-order valence-electron chi connectivity index (χ0n) is 20.2. The summed E-state index contributed by atoms with van der Waals surface area (Å²) in [6.45, 7) is 5.27. The molecule has 0 atom stereocenters. The van der Waals surface area contributed by atoms with Gasteiger partial charge in [0.25, 0.3) is 5.91 Å². The smallest absolute Gasteiger partial charge is 0.323 e. The van der Waals surface area contributed by atoms with Crippen molar-refractivity contribution in [2.24, 2.45) is 0 Å². The molecule has 0 aliphatic carbocycles. The number of carbonyl (C=O) groups is 2. The number of urea groups is 1. The topological polar surface area (TPSA) is 64.7 Å². The van der Waals surface area contributed by atoms with Crippen LogP contribution in [0.25, 0.3) is 0 Å². The van der Waals surface area contributed by atoms with E-state index in [2.05, 4.69) is 46.7 Å². The van der Waals surface area contributed by atoms with E-state index in [1.807, 2.05) is 47.4 Å². The largest absolute Gasteiger partial charge is 0.366 e. The number of nitrogens with zero attached hydrogens (tertiary/aromatic N) is 2. The van der Waals surface area contributed by atoms with Crippen LogP contribution in [0.2, 0.25) is 0 Å². The van der Waals surface area contributed by atoms with Crippen molar-refractivity contribution in [3.63, 3.8) is 0 Å². The molecule has 1 saturated heterocycles. The van der Waals surface area contributed by atoms with Gasteiger partial charge in [0.2, 0.25) is 0 Å². The van der Waals surface area contributed by atoms with Gasteiger partial charge in [0, 0.05) is 43.2 Å². The lowest BCUT2D eigenvalue weighted by molar-refractivity contribution is 0.0793. The lowest BCUT2D eigenvalue weighted by Crippen LogP contribution is -2.34. The number of amides is 3. The van der Waals surface area contributed by atoms with Crippen LogP contribution in [-0.2, 0) is 19.4 Å². The molecule has 3 aromatic carbocycles. The Morgan fingerprint density at radius 1 is 0.857 bits per heavy atom. The zero-order valence-corrected chi connectivity index (χ0v) is 20.2. The van der Waals surface area contributed by atoms with Crippen LogP contribution < -0.4 is 15.5 Å². The van der Waals surface area contributed by atoms with Crippen molar-refractivity contribution in [2.75, 3.05) is 35.2 Å². The number of likely N-dealkylation sites (tertiary alicyclic amines) is 1. The molecule has 2 N–H and O–H groups in total. The fourth-order valence-corrected chi connectivity index (χ4v) is 5.09. The van der Waals surface area contributed by atoms with E-state index in [-0.39, 0.29) is 11.9 Å². The minimum Gasteiger partial charge on any atom is -0.366 e. The first-order valence-electron chi connectivity index (χ1n) is 12.5. The summed E-state index contributed by atoms with van der Waals surface area (Å²) in [7, 11) is 0. The quantitative estimate of drug-likeness (QED) is 0.505. The number of aryl methyl sites for hydroxylation is 1. The molecule has 0 radical (unpaired) electrons. The molecule has 0 spiro atoms. The van der Waals surface area contributed by atoms with Crippen LogP contribution in [0, 0.1) is 0 Å². The van der Waals surface area contributed by atoms with Crippen LogP contribution in [0.3, 0.4) is 0 Å². The summed E-state index contributed by atoms with van der Waals surface area (Å²) in [5.41, 5.74) is 6.74. The summed E-state index contributed by atoms with van der Waals surface area (Å²) in [6, 6.07) is 21.7. The molecule has 0 unspecified atom stereocenters. The maximum Gasteiger partial charge on any atom is 0.323 e. The highest BCUT2D eigenvalue weighted by Gasteiger charge is 2.26. The van der Waals surface area contributed by atoms with Gasteiger partial charge in [0.15, 0.2) is 0 Å². The van der Waals surface area contributed by atoms with E-state index in [1.54, 1.807) is 0 Å². The Balaban J connectivity index is 1.40. The van der Waals surface area contributed by atoms with Gasteiger partial charge in [-0.15, -0.1) is 0 Å². The minimum absolute atomic E-state index is 0.0387. The second-order valence-corrected chi connectivity index (χ2v) is 9.26. The van der Waals surface area contributed by atoms with Gasteiger partial charge in [-0.1, -0.05) is 49.4 Å². The average Bonchev–Trinajstić information content (AvgIpc) is 3.43. The lowest BCUT2D eigenvalue weighted by atomic mass is 9.98. The summed E-state index contributed by atoms with van der Waals surface area (Å²) in [6.07, 6.45) is 3.86. The van der Waals surface area contributed by atoms with E-state index < -0.39 is 0 Å². The van der Waals surface area contributed by atoms with Gasteiger partial charge in [-0.25, -0.2) is 4.79 Å². The Morgan fingerprint density at radius 3 is 2.40 bits per heavy atom. The number of hydrogen-bond donors (Lipinski definition) is 2. The molecule has 0 aromatic heterocycles. The lowest BCUT2D eigenvalue weighted by Gasteiger charge is -2.33. The number of para-hydroxylation sites is 1. The summed E-state index contributed by atoms with van der Waals surface area (Å²) in [5, 5.41) is 5.88. The summed E-state index contributed by atoms with van der Waals surface area (Å²) in [5.74, 6) is 0.0387. The van der Waals surface area contributed by atoms with Crippen LogP contribution in [0.5, 0.6) is 0 Å². The summed E-state index contributed by atoms with van der Waals surface area (Å²) < 4.78 is 0. The Morgan fingerprint density at radius 2 is 1.60 bits per heavy atom. The van der Waals surface area contributed by atoms with E-state index >= 15 is 0 Å². The predicted octanol–water partition coefficient (Wildman–Crippen LogP) is 5.69. The van der Waals surface area contributed by atoms with Crippen molar-refractivity contribution in [3.05, 3.63) is 89.0 Å². The van der Waals surface area contributed by atoms with Crippen LogP contribution in [-0.4, -0.2) is 36.5 Å². The van der Waals surface area contributed by atoms with Crippen molar-refractivity contribution >= 4 is 29.0 Å². The summed E-state index contributed by atoms with van der Waals surface area (Å²) in [4.78, 5) is 30.5. The SMILES string of the molecule is CCc1ccccc1NC(=O)Nc1ccc(N2CCc3ccccc3C2)c(C(=O)N2CCCC2)c1. The van der Waals surface area contributed by atoms with Crippen LogP contribution in [0.1, 0.15) is 46.8 Å². The molecule has 0 saturated carbocycles. The van der Waals surface area contributed by atoms with Gasteiger partial charge < -0.3 is 20.4 Å². The van der Waals surface area contributed by atoms with E-state index in [0.29, 0.717) is 11.3 Å². The van der Waals surface area contributed by atoms with Crippen molar-refractivity contribution < 1.29 is 9.59 Å². The highest BCUT2D eigenvalue weighted by Crippen LogP contribution is 2.31. The molecule has 3 amide bonds. The molecular weight excluding hydrogens is 436 g/mol. The molecule has 180 valence electrons. The van der Waals surface area contributed by atoms with Crippen LogP contribution >= 0.6 is 0 Å². The van der Waals surface area contributed by atoms with E-state index in [4.69, 9.17) is 0 Å². The van der Waals surface area contributed by atoms with Crippen LogP contribution in [0.4, 0.5) is 21.9 Å². The number of rotatable bonds is 5. The molecule has 0 bridgehead atoms. The van der Waals surface area contributed by atoms with Crippen molar-refractivity contribution in [3.8, 4) is 0 Å². The summed E-state index contributed by atoms with van der Waals surface area (Å²) >= 11 is 0. The van der Waals surface area contributed by atoms with E-state index in [0.717, 1.165) is 68.8 Å². The molecule has 5 rings (SSSR count). The van der Waals surface area contributed by atoms with Gasteiger partial charge in [0.05, 0.1) is 5.56 Å². The number of fused-ring (bicyclic) bond motifs is 1. The van der Waals surface area contributed by atoms with Crippen molar-refractivity contribution in [1.29, 1.82) is 0 Å². The van der Waals surface area contributed by atoms with Gasteiger partial charge in [-0.2, -0.15) is 0 Å². The highest BCUT2D eigenvalue weighted by molar-refractivity contribution is 6.04. The third-order valence-corrected chi connectivity index (χ3v) is 7.00. The first-order valence-corrected chi connectivity index (χ1v) is 12.5. The molecule has 35 heavy (non-hydrogen) atoms. The van der Waals surface area contributed by atoms with Gasteiger partial charge in [-0.3, -0.25) is 4.79 Å². The standard InChI is InChI=1S/C29H32N4O2/c1-2-21-9-5-6-12-26(21)31-29(35)30-24-13-14-27(25(19-24)28(34)32-16-7-8-17-32)33-18-15-22-10-3-4-11-23(22)20-33/h3-6,9-14,19H,2,7-8,15-18,20H2,1H3,(H2,30,31,35). The number of benzene rings is 3. The number of hydrogen-bond acceptors (Lipinski definition) is 3. The van der Waals surface area contributed by atoms with E-state index in [1.165, 1.54) is 11.1 Å². The molecule has 1 fully saturated rings. The fourth-order valence-electron chi connectivity index (χ4n) is 5.09. The molecule has 3 aromatic rings. The molecule has 2 aliphatic heterocycles. The minimum atomic E-state index is -0.315.